The van der Waals surface area contributed by atoms with Crippen LogP contribution in [-0.4, -0.2) is 44.2 Å². The van der Waals surface area contributed by atoms with E-state index in [1.54, 1.807) is 32.4 Å². The van der Waals surface area contributed by atoms with Gasteiger partial charge < -0.3 is 19.1 Å². The molecular formula is C24H28N2O4. The van der Waals surface area contributed by atoms with Gasteiger partial charge in [0.05, 0.1) is 32.5 Å². The predicted molar refractivity (Wildman–Crippen MR) is 114 cm³/mol. The number of nitrogens with zero attached hydrogens (tertiary/aromatic N) is 2. The average Bonchev–Trinajstić information content (AvgIpc) is 3.24. The van der Waals surface area contributed by atoms with Crippen LogP contribution in [0.15, 0.2) is 42.5 Å². The molecule has 1 saturated heterocycles. The minimum absolute atomic E-state index is 0.177. The van der Waals surface area contributed by atoms with Crippen LogP contribution in [0.4, 0.5) is 0 Å². The van der Waals surface area contributed by atoms with Gasteiger partial charge in [-0.05, 0) is 55.5 Å². The monoisotopic (exact) mass is 408 g/mol. The first-order chi connectivity index (χ1) is 14.6. The minimum Gasteiger partial charge on any atom is -0.497 e. The molecule has 1 aliphatic rings. The van der Waals surface area contributed by atoms with Crippen molar-refractivity contribution in [3.05, 3.63) is 53.6 Å². The zero-order chi connectivity index (χ0) is 21.3. The molecule has 1 aliphatic heterocycles. The lowest BCUT2D eigenvalue weighted by atomic mass is 10.0. The van der Waals surface area contributed by atoms with Crippen molar-refractivity contribution >= 4 is 5.91 Å². The summed E-state index contributed by atoms with van der Waals surface area (Å²) in [6, 6.07) is 15.4. The number of methoxy groups -OCH3 is 2. The highest BCUT2D eigenvalue weighted by Gasteiger charge is 2.28. The van der Waals surface area contributed by atoms with Gasteiger partial charge in [-0.25, -0.2) is 0 Å². The van der Waals surface area contributed by atoms with Gasteiger partial charge >= 0.3 is 0 Å². The average molecular weight is 408 g/mol. The molecule has 1 atom stereocenters. The lowest BCUT2D eigenvalue weighted by molar-refractivity contribution is -0.132. The topological polar surface area (TPSA) is 71.8 Å². The van der Waals surface area contributed by atoms with Crippen molar-refractivity contribution in [1.29, 1.82) is 5.26 Å². The summed E-state index contributed by atoms with van der Waals surface area (Å²) < 4.78 is 16.3. The van der Waals surface area contributed by atoms with Crippen LogP contribution in [0, 0.1) is 11.3 Å². The molecule has 0 N–H and O–H groups in total. The van der Waals surface area contributed by atoms with E-state index in [0.717, 1.165) is 31.6 Å². The maximum Gasteiger partial charge on any atom is 0.222 e. The van der Waals surface area contributed by atoms with Crippen molar-refractivity contribution in [2.45, 2.75) is 38.1 Å². The third-order valence-electron chi connectivity index (χ3n) is 5.39. The second-order valence-electron chi connectivity index (χ2n) is 7.37. The third-order valence-corrected chi connectivity index (χ3v) is 5.39. The van der Waals surface area contributed by atoms with E-state index in [1.807, 2.05) is 23.1 Å². The quantitative estimate of drug-likeness (QED) is 0.587. The normalized spacial score (nSPS) is 15.5. The fourth-order valence-corrected chi connectivity index (χ4v) is 3.85. The van der Waals surface area contributed by atoms with Crippen LogP contribution >= 0.6 is 0 Å². The lowest BCUT2D eigenvalue weighted by Crippen LogP contribution is -2.36. The summed E-state index contributed by atoms with van der Waals surface area (Å²) >= 11 is 0. The van der Waals surface area contributed by atoms with Gasteiger partial charge in [0, 0.05) is 25.1 Å². The van der Waals surface area contributed by atoms with Crippen LogP contribution in [0.3, 0.4) is 0 Å². The molecule has 3 rings (SSSR count). The largest absolute Gasteiger partial charge is 0.497 e. The van der Waals surface area contributed by atoms with Gasteiger partial charge in [-0.1, -0.05) is 12.1 Å². The van der Waals surface area contributed by atoms with Crippen LogP contribution in [0.5, 0.6) is 17.2 Å². The van der Waals surface area contributed by atoms with Gasteiger partial charge in [0.1, 0.15) is 5.75 Å². The van der Waals surface area contributed by atoms with E-state index >= 15 is 0 Å². The Kier molecular flexibility index (Phi) is 7.56. The van der Waals surface area contributed by atoms with Gasteiger partial charge in [-0.2, -0.15) is 5.26 Å². The van der Waals surface area contributed by atoms with Crippen LogP contribution in [0.2, 0.25) is 0 Å². The SMILES string of the molecule is COc1cccc(CC2CCCN2C(=O)CCCOc2ccc(C#N)cc2OC)c1. The Morgan fingerprint density at radius 2 is 2.03 bits per heavy atom. The van der Waals surface area contributed by atoms with Crippen LogP contribution in [0.25, 0.3) is 0 Å². The molecular weight excluding hydrogens is 380 g/mol. The molecule has 1 unspecified atom stereocenters. The van der Waals surface area contributed by atoms with E-state index in [0.29, 0.717) is 36.5 Å². The van der Waals surface area contributed by atoms with Gasteiger partial charge in [0.2, 0.25) is 5.91 Å². The maximum atomic E-state index is 12.8. The Bertz CT molecular complexity index is 906. The molecule has 1 fully saturated rings. The highest BCUT2D eigenvalue weighted by Crippen LogP contribution is 2.28. The fraction of sp³-hybridized carbons (Fsp3) is 0.417. The van der Waals surface area contributed by atoms with Gasteiger partial charge in [0.25, 0.3) is 0 Å². The molecule has 6 heteroatoms. The second-order valence-corrected chi connectivity index (χ2v) is 7.37. The van der Waals surface area contributed by atoms with E-state index in [-0.39, 0.29) is 11.9 Å². The van der Waals surface area contributed by atoms with E-state index < -0.39 is 0 Å². The smallest absolute Gasteiger partial charge is 0.222 e. The molecule has 0 spiro atoms. The molecule has 2 aromatic rings. The summed E-state index contributed by atoms with van der Waals surface area (Å²) in [4.78, 5) is 14.8. The van der Waals surface area contributed by atoms with E-state index in [2.05, 4.69) is 12.1 Å². The molecule has 1 heterocycles. The number of carbonyl (C=O) groups excluding carboxylic acids is 1. The van der Waals surface area contributed by atoms with Crippen molar-refractivity contribution in [2.24, 2.45) is 0 Å². The highest BCUT2D eigenvalue weighted by molar-refractivity contribution is 5.76. The Balaban J connectivity index is 1.49. The van der Waals surface area contributed by atoms with Crippen molar-refractivity contribution < 1.29 is 19.0 Å². The predicted octanol–water partition coefficient (Wildman–Crippen LogP) is 3.97. The number of benzene rings is 2. The number of likely N-dealkylation sites (tertiary alicyclic amines) is 1. The summed E-state index contributed by atoms with van der Waals surface area (Å²) in [7, 11) is 3.21. The molecule has 30 heavy (non-hydrogen) atoms. The molecule has 0 aromatic heterocycles. The van der Waals surface area contributed by atoms with Crippen molar-refractivity contribution in [3.8, 4) is 23.3 Å². The first-order valence-corrected chi connectivity index (χ1v) is 10.3. The van der Waals surface area contributed by atoms with E-state index in [1.165, 1.54) is 5.56 Å². The first-order valence-electron chi connectivity index (χ1n) is 10.3. The molecule has 0 radical (unpaired) electrons. The van der Waals surface area contributed by atoms with Gasteiger partial charge in [-0.15, -0.1) is 0 Å². The second kappa shape index (κ2) is 10.5. The zero-order valence-corrected chi connectivity index (χ0v) is 17.6. The van der Waals surface area contributed by atoms with Crippen LogP contribution in [0.1, 0.15) is 36.8 Å². The first kappa shape index (κ1) is 21.5. The van der Waals surface area contributed by atoms with Crippen molar-refractivity contribution in [1.82, 2.24) is 4.90 Å². The molecule has 0 bridgehead atoms. The van der Waals surface area contributed by atoms with E-state index in [9.17, 15) is 4.79 Å². The summed E-state index contributed by atoms with van der Waals surface area (Å²) in [5, 5.41) is 8.97. The number of rotatable bonds is 9. The third kappa shape index (κ3) is 5.44. The minimum atomic E-state index is 0.177. The number of ether oxygens (including phenoxy) is 3. The number of nitriles is 1. The number of amides is 1. The lowest BCUT2D eigenvalue weighted by Gasteiger charge is -2.25. The molecule has 0 aliphatic carbocycles. The standard InChI is InChI=1S/C24H28N2O4/c1-28-21-8-3-6-18(15-21)14-20-7-4-12-26(20)24(27)9-5-13-30-22-11-10-19(17-25)16-23(22)29-2/h3,6,8,10-11,15-16,20H,4-5,7,9,12-14H2,1-2H3. The molecule has 1 amide bonds. The molecule has 2 aromatic carbocycles. The number of hydrogen-bond acceptors (Lipinski definition) is 5. The highest BCUT2D eigenvalue weighted by atomic mass is 16.5. The number of hydrogen-bond donors (Lipinski definition) is 0. The summed E-state index contributed by atoms with van der Waals surface area (Å²) in [5.41, 5.74) is 1.71. The molecule has 158 valence electrons. The summed E-state index contributed by atoms with van der Waals surface area (Å²) in [5.74, 6) is 2.13. The summed E-state index contributed by atoms with van der Waals surface area (Å²) in [6.07, 6.45) is 4.00. The van der Waals surface area contributed by atoms with Gasteiger partial charge in [0.15, 0.2) is 11.5 Å². The maximum absolute atomic E-state index is 12.8. The van der Waals surface area contributed by atoms with Crippen molar-refractivity contribution in [2.75, 3.05) is 27.4 Å². The molecule has 0 saturated carbocycles. The Hall–Kier alpha value is -3.20. The number of carbonyl (C=O) groups is 1. The Labute approximate surface area is 178 Å². The molecule has 6 nitrogen and oxygen atoms in total. The van der Waals surface area contributed by atoms with Crippen molar-refractivity contribution in [3.63, 3.8) is 0 Å². The Morgan fingerprint density at radius 1 is 1.17 bits per heavy atom. The van der Waals surface area contributed by atoms with Crippen LogP contribution in [-0.2, 0) is 11.2 Å². The Morgan fingerprint density at radius 3 is 2.80 bits per heavy atom. The van der Waals surface area contributed by atoms with Crippen LogP contribution < -0.4 is 14.2 Å². The summed E-state index contributed by atoms with van der Waals surface area (Å²) in [6.45, 7) is 1.24. The van der Waals surface area contributed by atoms with E-state index in [4.69, 9.17) is 19.5 Å². The fourth-order valence-electron chi connectivity index (χ4n) is 3.85. The van der Waals surface area contributed by atoms with Gasteiger partial charge in [-0.3, -0.25) is 4.79 Å². The zero-order valence-electron chi connectivity index (χ0n) is 17.6.